The summed E-state index contributed by atoms with van der Waals surface area (Å²) in [5.41, 5.74) is -0.0809. The number of rotatable bonds is 4. The van der Waals surface area contributed by atoms with E-state index in [0.29, 0.717) is 25.3 Å². The maximum absolute atomic E-state index is 11.0. The molecule has 3 rings (SSSR count). The number of halogens is 1. The van der Waals surface area contributed by atoms with Crippen LogP contribution in [0.3, 0.4) is 0 Å². The molecule has 1 N–H and O–H groups in total. The fourth-order valence-corrected chi connectivity index (χ4v) is 3.02. The number of carboxylic acid groups (broad SMARTS) is 1. The van der Waals surface area contributed by atoms with Crippen LogP contribution < -0.4 is 0 Å². The minimum absolute atomic E-state index is 0.140. The summed E-state index contributed by atoms with van der Waals surface area (Å²) in [4.78, 5) is 26.6. The zero-order valence-corrected chi connectivity index (χ0v) is 13.5. The third-order valence-electron chi connectivity index (χ3n) is 4.08. The highest BCUT2D eigenvalue weighted by molar-refractivity contribution is 6.28. The number of carbonyl (C=O) groups is 1. The Balaban J connectivity index is 1.72. The summed E-state index contributed by atoms with van der Waals surface area (Å²) in [6.45, 7) is 1.50. The topological polar surface area (TPSA) is 106 Å². The second-order valence-electron chi connectivity index (χ2n) is 5.68. The summed E-state index contributed by atoms with van der Waals surface area (Å²) in [6, 6.07) is 4.04. The van der Waals surface area contributed by atoms with Crippen molar-refractivity contribution in [3.05, 3.63) is 35.5 Å². The molecule has 8 nitrogen and oxygen atoms in total. The van der Waals surface area contributed by atoms with Crippen molar-refractivity contribution >= 4 is 23.5 Å². The number of aromatic nitrogens is 2. The first-order valence-electron chi connectivity index (χ1n) is 7.39. The highest BCUT2D eigenvalue weighted by Crippen LogP contribution is 2.34. The van der Waals surface area contributed by atoms with Crippen LogP contribution >= 0.6 is 11.6 Å². The zero-order chi connectivity index (χ0) is 17.2. The van der Waals surface area contributed by atoms with Crippen molar-refractivity contribution in [3.63, 3.8) is 0 Å². The Bertz CT molecular complexity index is 751. The number of nitriles is 1. The largest absolute Gasteiger partial charge is 0.465 e. The van der Waals surface area contributed by atoms with E-state index in [1.165, 1.54) is 4.90 Å². The molecule has 9 heteroatoms. The normalized spacial score (nSPS) is 18.6. The van der Waals surface area contributed by atoms with Crippen molar-refractivity contribution in [1.29, 1.82) is 5.26 Å². The Morgan fingerprint density at radius 2 is 2.29 bits per heavy atom. The van der Waals surface area contributed by atoms with Crippen LogP contribution in [0.2, 0.25) is 5.28 Å². The molecule has 1 aromatic rings. The first-order valence-corrected chi connectivity index (χ1v) is 7.77. The molecular weight excluding hydrogens is 332 g/mol. The molecule has 0 bridgehead atoms. The van der Waals surface area contributed by atoms with Gasteiger partial charge in [-0.25, -0.2) is 19.8 Å². The van der Waals surface area contributed by atoms with Gasteiger partial charge in [-0.05, 0) is 23.7 Å². The fourth-order valence-electron chi connectivity index (χ4n) is 2.85. The summed E-state index contributed by atoms with van der Waals surface area (Å²) >= 11 is 5.79. The van der Waals surface area contributed by atoms with Crippen molar-refractivity contribution in [2.24, 2.45) is 10.4 Å². The Labute approximate surface area is 143 Å². The van der Waals surface area contributed by atoms with Gasteiger partial charge >= 0.3 is 6.09 Å². The van der Waals surface area contributed by atoms with E-state index in [1.54, 1.807) is 18.5 Å². The van der Waals surface area contributed by atoms with Crippen molar-refractivity contribution in [1.82, 2.24) is 19.8 Å². The molecule has 0 saturated carbocycles. The maximum Gasteiger partial charge on any atom is 0.407 e. The van der Waals surface area contributed by atoms with Crippen LogP contribution in [-0.2, 0) is 6.42 Å². The van der Waals surface area contributed by atoms with E-state index in [-0.39, 0.29) is 18.4 Å². The number of likely N-dealkylation sites (tertiary alicyclic amines) is 1. The summed E-state index contributed by atoms with van der Waals surface area (Å²) < 4.78 is 0. The van der Waals surface area contributed by atoms with E-state index in [9.17, 15) is 10.1 Å². The van der Waals surface area contributed by atoms with Crippen molar-refractivity contribution in [2.45, 2.75) is 6.42 Å². The Hall–Kier alpha value is -2.66. The van der Waals surface area contributed by atoms with Crippen LogP contribution in [0.1, 0.15) is 5.69 Å². The minimum atomic E-state index is -1.02. The molecule has 0 atom stereocenters. The van der Waals surface area contributed by atoms with Gasteiger partial charge in [0.05, 0.1) is 19.2 Å². The van der Waals surface area contributed by atoms with E-state index in [2.05, 4.69) is 21.0 Å². The van der Waals surface area contributed by atoms with Crippen molar-refractivity contribution < 1.29 is 9.90 Å². The van der Waals surface area contributed by atoms with E-state index in [4.69, 9.17) is 16.7 Å². The molecule has 2 aliphatic rings. The highest BCUT2D eigenvalue weighted by atomic mass is 35.5. The predicted octanol–water partition coefficient (Wildman–Crippen LogP) is 1.40. The number of hydrogen-bond donors (Lipinski definition) is 1. The third kappa shape index (κ3) is 3.03. The number of hydrogen-bond acceptors (Lipinski definition) is 6. The molecule has 1 saturated heterocycles. The van der Waals surface area contributed by atoms with Gasteiger partial charge in [0.25, 0.3) is 0 Å². The molecule has 1 fully saturated rings. The van der Waals surface area contributed by atoms with E-state index < -0.39 is 11.5 Å². The van der Waals surface area contributed by atoms with Crippen LogP contribution in [0, 0.1) is 16.7 Å². The lowest BCUT2D eigenvalue weighted by molar-refractivity contribution is 0.0736. The lowest BCUT2D eigenvalue weighted by Gasteiger charge is -2.47. The van der Waals surface area contributed by atoms with Crippen LogP contribution in [0.4, 0.5) is 4.79 Å². The van der Waals surface area contributed by atoms with Gasteiger partial charge in [0.1, 0.15) is 11.3 Å². The Kier molecular flexibility index (Phi) is 4.36. The average molecular weight is 347 g/mol. The fraction of sp³-hybridized carbons (Fsp3) is 0.400. The molecular formula is C15H15ClN6O2. The van der Waals surface area contributed by atoms with E-state index in [0.717, 1.165) is 5.69 Å². The number of aliphatic imine (C=N–C) groups is 1. The van der Waals surface area contributed by atoms with Crippen LogP contribution in [-0.4, -0.2) is 63.0 Å². The molecule has 0 unspecified atom stereocenters. The van der Waals surface area contributed by atoms with Gasteiger partial charge in [0.2, 0.25) is 5.28 Å². The molecule has 3 heterocycles. The van der Waals surface area contributed by atoms with Crippen molar-refractivity contribution in [2.75, 3.05) is 26.2 Å². The summed E-state index contributed by atoms with van der Waals surface area (Å²) in [5.74, 6) is 0.616. The predicted molar refractivity (Wildman–Crippen MR) is 86.5 cm³/mol. The highest BCUT2D eigenvalue weighted by Gasteiger charge is 2.52. The average Bonchev–Trinajstić information content (AvgIpc) is 2.53. The quantitative estimate of drug-likeness (QED) is 0.826. The Morgan fingerprint density at radius 1 is 1.50 bits per heavy atom. The lowest BCUT2D eigenvalue weighted by Crippen LogP contribution is -2.64. The van der Waals surface area contributed by atoms with Crippen LogP contribution in [0.15, 0.2) is 29.5 Å². The van der Waals surface area contributed by atoms with Gasteiger partial charge < -0.3 is 14.9 Å². The minimum Gasteiger partial charge on any atom is -0.465 e. The van der Waals surface area contributed by atoms with Gasteiger partial charge in [-0.15, -0.1) is 0 Å². The monoisotopic (exact) mass is 346 g/mol. The first kappa shape index (κ1) is 16.2. The number of amidine groups is 1. The van der Waals surface area contributed by atoms with Gasteiger partial charge in [0, 0.05) is 37.6 Å². The number of amides is 1. The van der Waals surface area contributed by atoms with Gasteiger partial charge in [-0.1, -0.05) is 0 Å². The van der Waals surface area contributed by atoms with Gasteiger partial charge in [0.15, 0.2) is 0 Å². The Morgan fingerprint density at radius 3 is 2.96 bits per heavy atom. The molecule has 124 valence electrons. The third-order valence-corrected chi connectivity index (χ3v) is 4.27. The second-order valence-corrected chi connectivity index (χ2v) is 6.02. The van der Waals surface area contributed by atoms with Crippen LogP contribution in [0.5, 0.6) is 0 Å². The van der Waals surface area contributed by atoms with Gasteiger partial charge in [-0.2, -0.15) is 5.26 Å². The lowest BCUT2D eigenvalue weighted by atomic mass is 9.79. The molecule has 2 aliphatic heterocycles. The molecule has 0 aromatic carbocycles. The van der Waals surface area contributed by atoms with Crippen molar-refractivity contribution in [3.8, 4) is 6.07 Å². The molecule has 0 aliphatic carbocycles. The number of nitrogens with zero attached hydrogens (tertiary/aromatic N) is 6. The van der Waals surface area contributed by atoms with E-state index in [1.807, 2.05) is 11.0 Å². The molecule has 24 heavy (non-hydrogen) atoms. The standard InChI is InChI=1S/C15H15ClN6O2/c16-13-19-5-2-11(20-13)3-7-21-6-1-4-18-12(21)15(8-17)9-22(10-15)14(23)24/h1-2,4-5H,3,6-7,9-10H2,(H,23,24). The molecule has 1 aromatic heterocycles. The van der Waals surface area contributed by atoms with E-state index >= 15 is 0 Å². The summed E-state index contributed by atoms with van der Waals surface area (Å²) in [6.07, 6.45) is 4.77. The second kappa shape index (κ2) is 6.45. The molecule has 1 amide bonds. The molecule has 0 spiro atoms. The SMILES string of the molecule is N#CC1(C2=NC=CCN2CCc2ccnc(Cl)n2)CN(C(=O)O)C1. The maximum atomic E-state index is 11.0. The van der Waals surface area contributed by atoms with Gasteiger partial charge in [-0.3, -0.25) is 0 Å². The smallest absolute Gasteiger partial charge is 0.407 e. The zero-order valence-electron chi connectivity index (χ0n) is 12.8. The van der Waals surface area contributed by atoms with Crippen LogP contribution in [0.25, 0.3) is 0 Å². The summed E-state index contributed by atoms with van der Waals surface area (Å²) in [7, 11) is 0. The summed E-state index contributed by atoms with van der Waals surface area (Å²) in [5, 5.41) is 18.8. The molecule has 0 radical (unpaired) electrons. The first-order chi connectivity index (χ1) is 11.5.